The summed E-state index contributed by atoms with van der Waals surface area (Å²) in [6.45, 7) is 16.1. The van der Waals surface area contributed by atoms with E-state index in [4.69, 9.17) is 9.16 Å². The summed E-state index contributed by atoms with van der Waals surface area (Å²) < 4.78 is 11.8. The van der Waals surface area contributed by atoms with Gasteiger partial charge in [-0.1, -0.05) is 72.6 Å². The molecule has 0 aromatic carbocycles. The van der Waals surface area contributed by atoms with Gasteiger partial charge < -0.3 is 9.16 Å². The van der Waals surface area contributed by atoms with E-state index >= 15 is 0 Å². The first-order valence-electron chi connectivity index (χ1n) is 9.03. The Balaban J connectivity index is 3.30. The monoisotopic (exact) mass is 316 g/mol. The van der Waals surface area contributed by atoms with Crippen molar-refractivity contribution in [2.45, 2.75) is 97.2 Å². The van der Waals surface area contributed by atoms with Crippen molar-refractivity contribution in [1.82, 2.24) is 0 Å². The molecule has 0 aliphatic heterocycles. The molecule has 0 unspecified atom stereocenters. The van der Waals surface area contributed by atoms with Crippen molar-refractivity contribution in [2.24, 2.45) is 0 Å². The number of ether oxygens (including phenoxy) is 1. The highest BCUT2D eigenvalue weighted by molar-refractivity contribution is 6.74. The second kappa shape index (κ2) is 11.7. The highest BCUT2D eigenvalue weighted by atomic mass is 28.4. The Morgan fingerprint density at radius 1 is 0.714 bits per heavy atom. The SMILES string of the molecule is CCCCCCCCCCOCCO[Si](C)(C)C(C)(C)C. The lowest BCUT2D eigenvalue weighted by Gasteiger charge is -2.36. The molecule has 0 aromatic rings. The first kappa shape index (κ1) is 21.1. The Kier molecular flexibility index (Phi) is 11.7. The summed E-state index contributed by atoms with van der Waals surface area (Å²) in [6.07, 6.45) is 10.8. The van der Waals surface area contributed by atoms with Gasteiger partial charge >= 0.3 is 0 Å². The zero-order valence-corrected chi connectivity index (χ0v) is 16.6. The Hall–Kier alpha value is 0.137. The van der Waals surface area contributed by atoms with Gasteiger partial charge in [0.15, 0.2) is 8.32 Å². The van der Waals surface area contributed by atoms with E-state index < -0.39 is 8.32 Å². The summed E-state index contributed by atoms with van der Waals surface area (Å²) in [5, 5.41) is 0.296. The Labute approximate surface area is 135 Å². The normalized spacial score (nSPS) is 12.9. The first-order valence-corrected chi connectivity index (χ1v) is 11.9. The summed E-state index contributed by atoms with van der Waals surface area (Å²) in [6, 6.07) is 0. The maximum Gasteiger partial charge on any atom is 0.192 e. The predicted molar refractivity (Wildman–Crippen MR) is 96.6 cm³/mol. The van der Waals surface area contributed by atoms with E-state index in [1.807, 2.05) is 0 Å². The largest absolute Gasteiger partial charge is 0.414 e. The van der Waals surface area contributed by atoms with E-state index in [1.54, 1.807) is 0 Å². The standard InChI is InChI=1S/C18H40O2Si/c1-7-8-9-10-11-12-13-14-15-19-16-17-20-21(5,6)18(2,3)4/h7-17H2,1-6H3. The fourth-order valence-corrected chi connectivity index (χ4v) is 3.04. The maximum absolute atomic E-state index is 6.09. The molecule has 0 amide bonds. The molecule has 0 aliphatic rings. The molecule has 0 radical (unpaired) electrons. The minimum atomic E-state index is -1.58. The van der Waals surface area contributed by atoms with E-state index in [-0.39, 0.29) is 0 Å². The van der Waals surface area contributed by atoms with Crippen LogP contribution in [0.2, 0.25) is 18.1 Å². The van der Waals surface area contributed by atoms with Crippen LogP contribution in [0.1, 0.15) is 79.1 Å². The smallest absolute Gasteiger partial charge is 0.192 e. The molecule has 0 bridgehead atoms. The van der Waals surface area contributed by atoms with Crippen LogP contribution in [0.4, 0.5) is 0 Å². The third-order valence-corrected chi connectivity index (χ3v) is 9.18. The van der Waals surface area contributed by atoms with Crippen molar-refractivity contribution in [3.05, 3.63) is 0 Å². The summed E-state index contributed by atoms with van der Waals surface area (Å²) in [5.74, 6) is 0. The minimum absolute atomic E-state index is 0.296. The molecular weight excluding hydrogens is 276 g/mol. The van der Waals surface area contributed by atoms with Gasteiger partial charge in [-0.3, -0.25) is 0 Å². The number of rotatable bonds is 13. The first-order chi connectivity index (χ1) is 9.81. The van der Waals surface area contributed by atoms with Crippen LogP contribution in [0, 0.1) is 0 Å². The van der Waals surface area contributed by atoms with Crippen molar-refractivity contribution in [3.8, 4) is 0 Å². The van der Waals surface area contributed by atoms with E-state index in [1.165, 1.54) is 51.4 Å². The lowest BCUT2D eigenvalue weighted by molar-refractivity contribution is 0.0925. The molecule has 0 spiro atoms. The van der Waals surface area contributed by atoms with Crippen LogP contribution < -0.4 is 0 Å². The molecule has 0 aromatic heterocycles. The molecule has 128 valence electrons. The second-order valence-corrected chi connectivity index (χ2v) is 12.5. The van der Waals surface area contributed by atoms with Crippen LogP contribution in [0.5, 0.6) is 0 Å². The summed E-state index contributed by atoms with van der Waals surface area (Å²) in [5.41, 5.74) is 0. The van der Waals surface area contributed by atoms with Crippen molar-refractivity contribution >= 4 is 8.32 Å². The lowest BCUT2D eigenvalue weighted by Crippen LogP contribution is -2.41. The summed E-state index contributed by atoms with van der Waals surface area (Å²) in [7, 11) is -1.58. The molecule has 2 nitrogen and oxygen atoms in total. The van der Waals surface area contributed by atoms with Gasteiger partial charge in [-0.25, -0.2) is 0 Å². The lowest BCUT2D eigenvalue weighted by atomic mass is 10.1. The highest BCUT2D eigenvalue weighted by Crippen LogP contribution is 2.36. The van der Waals surface area contributed by atoms with Crippen LogP contribution in [0.25, 0.3) is 0 Å². The van der Waals surface area contributed by atoms with Crippen LogP contribution in [0.3, 0.4) is 0 Å². The zero-order valence-electron chi connectivity index (χ0n) is 15.6. The third kappa shape index (κ3) is 11.4. The van der Waals surface area contributed by atoms with E-state index in [0.29, 0.717) is 5.04 Å². The maximum atomic E-state index is 6.09. The zero-order chi connectivity index (χ0) is 16.2. The van der Waals surface area contributed by atoms with Crippen LogP contribution in [0.15, 0.2) is 0 Å². The molecule has 0 N–H and O–H groups in total. The van der Waals surface area contributed by atoms with Crippen molar-refractivity contribution in [3.63, 3.8) is 0 Å². The van der Waals surface area contributed by atoms with Crippen LogP contribution in [-0.2, 0) is 9.16 Å². The van der Waals surface area contributed by atoms with Crippen molar-refractivity contribution in [2.75, 3.05) is 19.8 Å². The quantitative estimate of drug-likeness (QED) is 0.299. The second-order valence-electron chi connectivity index (χ2n) is 7.70. The fourth-order valence-electron chi connectivity index (χ4n) is 2.01. The average Bonchev–Trinajstić information content (AvgIpc) is 2.38. The molecular formula is C18H40O2Si. The third-order valence-electron chi connectivity index (χ3n) is 4.64. The summed E-state index contributed by atoms with van der Waals surface area (Å²) >= 11 is 0. The van der Waals surface area contributed by atoms with E-state index in [9.17, 15) is 0 Å². The molecule has 0 atom stereocenters. The topological polar surface area (TPSA) is 18.5 Å². The summed E-state index contributed by atoms with van der Waals surface area (Å²) in [4.78, 5) is 0. The highest BCUT2D eigenvalue weighted by Gasteiger charge is 2.36. The van der Waals surface area contributed by atoms with Gasteiger partial charge in [0.25, 0.3) is 0 Å². The van der Waals surface area contributed by atoms with Gasteiger partial charge in [0.2, 0.25) is 0 Å². The predicted octanol–water partition coefficient (Wildman–Crippen LogP) is 6.17. The molecule has 0 heterocycles. The van der Waals surface area contributed by atoms with E-state index in [0.717, 1.165) is 19.8 Å². The number of hydrogen-bond donors (Lipinski definition) is 0. The molecule has 0 fully saturated rings. The Bertz CT molecular complexity index is 234. The van der Waals surface area contributed by atoms with Gasteiger partial charge in [-0.2, -0.15) is 0 Å². The van der Waals surface area contributed by atoms with Crippen molar-refractivity contribution in [1.29, 1.82) is 0 Å². The van der Waals surface area contributed by atoms with Crippen LogP contribution >= 0.6 is 0 Å². The van der Waals surface area contributed by atoms with E-state index in [2.05, 4.69) is 40.8 Å². The van der Waals surface area contributed by atoms with Gasteiger partial charge in [0.05, 0.1) is 13.2 Å². The van der Waals surface area contributed by atoms with Crippen LogP contribution in [-0.4, -0.2) is 28.1 Å². The Morgan fingerprint density at radius 3 is 1.76 bits per heavy atom. The Morgan fingerprint density at radius 2 is 1.24 bits per heavy atom. The molecule has 0 rings (SSSR count). The van der Waals surface area contributed by atoms with Gasteiger partial charge in [-0.05, 0) is 24.6 Å². The molecule has 21 heavy (non-hydrogen) atoms. The average molecular weight is 317 g/mol. The molecule has 3 heteroatoms. The molecule has 0 aliphatic carbocycles. The number of unbranched alkanes of at least 4 members (excludes halogenated alkanes) is 7. The molecule has 0 saturated heterocycles. The number of hydrogen-bond acceptors (Lipinski definition) is 2. The van der Waals surface area contributed by atoms with Gasteiger partial charge in [0, 0.05) is 6.61 Å². The fraction of sp³-hybridized carbons (Fsp3) is 1.00. The molecule has 0 saturated carbocycles. The van der Waals surface area contributed by atoms with Crippen molar-refractivity contribution < 1.29 is 9.16 Å². The van der Waals surface area contributed by atoms with Gasteiger partial charge in [-0.15, -0.1) is 0 Å². The minimum Gasteiger partial charge on any atom is -0.414 e. The van der Waals surface area contributed by atoms with Gasteiger partial charge in [0.1, 0.15) is 0 Å².